The molecule has 0 N–H and O–H groups in total. The lowest BCUT2D eigenvalue weighted by atomic mass is 10.0. The molecule has 0 unspecified atom stereocenters. The Morgan fingerprint density at radius 1 is 1.17 bits per heavy atom. The molecule has 3 aromatic rings. The molecule has 36 heavy (non-hydrogen) atoms. The number of hydrogen-bond donors (Lipinski definition) is 0. The van der Waals surface area contributed by atoms with E-state index in [1.165, 1.54) is 17.2 Å². The number of cyclic esters (lactones) is 1. The van der Waals surface area contributed by atoms with Crippen LogP contribution in [-0.2, 0) is 16.0 Å². The minimum Gasteiger partial charge on any atom is -0.442 e. The number of carbonyl (C=O) groups is 2. The second kappa shape index (κ2) is 10.9. The summed E-state index contributed by atoms with van der Waals surface area (Å²) in [5.74, 6) is -0.523. The number of anilines is 1. The topological polar surface area (TPSA) is 103 Å². The van der Waals surface area contributed by atoms with Crippen molar-refractivity contribution in [3.63, 3.8) is 0 Å². The average Bonchev–Trinajstić information content (AvgIpc) is 3.54. The van der Waals surface area contributed by atoms with Crippen LogP contribution in [-0.4, -0.2) is 82.3 Å². The number of ketones is 1. The third-order valence-electron chi connectivity index (χ3n) is 6.34. The number of benzene rings is 1. The van der Waals surface area contributed by atoms with Crippen LogP contribution in [0, 0.1) is 5.82 Å². The van der Waals surface area contributed by atoms with Gasteiger partial charge in [0.05, 0.1) is 38.2 Å². The number of hydrogen-bond acceptors (Lipinski definition) is 8. The highest BCUT2D eigenvalue weighted by Gasteiger charge is 2.33. The second-order valence-corrected chi connectivity index (χ2v) is 8.82. The Hall–Kier alpha value is -3.70. The van der Waals surface area contributed by atoms with E-state index in [0.717, 1.165) is 39.3 Å². The van der Waals surface area contributed by atoms with Crippen molar-refractivity contribution < 1.29 is 23.5 Å². The molecule has 1 amide bonds. The van der Waals surface area contributed by atoms with Gasteiger partial charge in [0.1, 0.15) is 17.6 Å². The van der Waals surface area contributed by atoms with E-state index in [2.05, 4.69) is 20.2 Å². The highest BCUT2D eigenvalue weighted by Crippen LogP contribution is 2.29. The Morgan fingerprint density at radius 2 is 2.03 bits per heavy atom. The molecule has 2 saturated heterocycles. The van der Waals surface area contributed by atoms with Gasteiger partial charge in [-0.05, 0) is 37.2 Å². The van der Waals surface area contributed by atoms with Crippen molar-refractivity contribution in [3.05, 3.63) is 60.4 Å². The molecular formula is C25H27FN6O4. The van der Waals surface area contributed by atoms with Crippen LogP contribution in [0.25, 0.3) is 11.1 Å². The van der Waals surface area contributed by atoms with Crippen molar-refractivity contribution in [1.29, 1.82) is 0 Å². The molecule has 2 aromatic heterocycles. The van der Waals surface area contributed by atoms with Gasteiger partial charge in [0, 0.05) is 43.0 Å². The van der Waals surface area contributed by atoms with Gasteiger partial charge in [0.25, 0.3) is 0 Å². The van der Waals surface area contributed by atoms with E-state index >= 15 is 4.39 Å². The summed E-state index contributed by atoms with van der Waals surface area (Å²) in [5, 5.41) is 7.61. The number of carbonyl (C=O) groups excluding carboxylic acids is 2. The predicted molar refractivity (Wildman–Crippen MR) is 128 cm³/mol. The van der Waals surface area contributed by atoms with Crippen LogP contribution in [0.5, 0.6) is 0 Å². The predicted octanol–water partition coefficient (Wildman–Crippen LogP) is 2.80. The highest BCUT2D eigenvalue weighted by atomic mass is 19.1. The minimum absolute atomic E-state index is 0.0291. The van der Waals surface area contributed by atoms with Crippen LogP contribution < -0.4 is 4.90 Å². The van der Waals surface area contributed by atoms with Crippen molar-refractivity contribution >= 4 is 17.6 Å². The third kappa shape index (κ3) is 5.58. The summed E-state index contributed by atoms with van der Waals surface area (Å²) in [6.45, 7) is 4.77. The monoisotopic (exact) mass is 494 g/mol. The molecule has 0 aliphatic carbocycles. The average molecular weight is 495 g/mol. The Bertz CT molecular complexity index is 1200. The fourth-order valence-corrected chi connectivity index (χ4v) is 4.41. The van der Waals surface area contributed by atoms with Crippen LogP contribution in [0.3, 0.4) is 0 Å². The molecule has 2 fully saturated rings. The molecule has 1 aromatic carbocycles. The van der Waals surface area contributed by atoms with Crippen LogP contribution in [0.1, 0.15) is 23.3 Å². The first-order valence-corrected chi connectivity index (χ1v) is 12.0. The van der Waals surface area contributed by atoms with Crippen molar-refractivity contribution in [2.24, 2.45) is 0 Å². The summed E-state index contributed by atoms with van der Waals surface area (Å²) < 4.78 is 27.3. The van der Waals surface area contributed by atoms with E-state index in [-0.39, 0.29) is 12.3 Å². The number of morpholine rings is 1. The van der Waals surface area contributed by atoms with E-state index in [0.29, 0.717) is 35.5 Å². The van der Waals surface area contributed by atoms with E-state index < -0.39 is 18.0 Å². The van der Waals surface area contributed by atoms with Gasteiger partial charge in [-0.15, -0.1) is 5.10 Å². The maximum atomic E-state index is 15.0. The Labute approximate surface area is 207 Å². The molecule has 5 rings (SSSR count). The van der Waals surface area contributed by atoms with Crippen LogP contribution in [0.15, 0.2) is 48.9 Å². The number of aromatic nitrogens is 4. The number of amides is 1. The Morgan fingerprint density at radius 3 is 2.75 bits per heavy atom. The molecule has 0 radical (unpaired) electrons. The van der Waals surface area contributed by atoms with Crippen molar-refractivity contribution in [1.82, 2.24) is 24.9 Å². The largest absolute Gasteiger partial charge is 0.442 e. The van der Waals surface area contributed by atoms with Crippen LogP contribution >= 0.6 is 0 Å². The molecule has 0 spiro atoms. The zero-order valence-corrected chi connectivity index (χ0v) is 19.8. The van der Waals surface area contributed by atoms with Crippen molar-refractivity contribution in [3.8, 4) is 11.1 Å². The molecule has 2 aliphatic heterocycles. The molecule has 188 valence electrons. The SMILES string of the molecule is O=C(CCCN1CCOCC1)c1ccc(-c2ccc(N3C[C@H](Cn4ccnn4)OC3=O)cc2F)cn1. The van der Waals surface area contributed by atoms with Crippen molar-refractivity contribution in [2.75, 3.05) is 44.3 Å². The summed E-state index contributed by atoms with van der Waals surface area (Å²) >= 11 is 0. The van der Waals surface area contributed by atoms with Gasteiger partial charge in [0.15, 0.2) is 5.78 Å². The molecule has 1 atom stereocenters. The first kappa shape index (κ1) is 24.0. The smallest absolute Gasteiger partial charge is 0.414 e. The molecule has 0 saturated carbocycles. The summed E-state index contributed by atoms with van der Waals surface area (Å²) in [5.41, 5.74) is 1.67. The maximum Gasteiger partial charge on any atom is 0.414 e. The highest BCUT2D eigenvalue weighted by molar-refractivity contribution is 5.94. The van der Waals surface area contributed by atoms with Gasteiger partial charge >= 0.3 is 6.09 Å². The summed E-state index contributed by atoms with van der Waals surface area (Å²) in [7, 11) is 0. The zero-order chi connectivity index (χ0) is 24.9. The van der Waals surface area contributed by atoms with Crippen LogP contribution in [0.2, 0.25) is 0 Å². The summed E-state index contributed by atoms with van der Waals surface area (Å²) in [6.07, 6.45) is 4.96. The molecule has 11 heteroatoms. The minimum atomic E-state index is -0.537. The van der Waals surface area contributed by atoms with E-state index in [1.807, 2.05) is 0 Å². The van der Waals surface area contributed by atoms with Gasteiger partial charge in [-0.25, -0.2) is 13.9 Å². The zero-order valence-electron chi connectivity index (χ0n) is 19.8. The Kier molecular flexibility index (Phi) is 7.28. The van der Waals surface area contributed by atoms with E-state index in [9.17, 15) is 9.59 Å². The van der Waals surface area contributed by atoms with Gasteiger partial charge in [0.2, 0.25) is 0 Å². The Balaban J connectivity index is 1.19. The van der Waals surface area contributed by atoms with Gasteiger partial charge < -0.3 is 9.47 Å². The summed E-state index contributed by atoms with van der Waals surface area (Å²) in [6, 6.07) is 7.90. The standard InChI is InChI=1S/C25H27FN6O4/c26-22-14-19(32-17-20(36-25(32)34)16-31-9-7-28-29-31)4-5-21(22)18-3-6-23(27-15-18)24(33)2-1-8-30-10-12-35-13-11-30/h3-7,9,14-15,20H,1-2,8,10-13,16-17H2/t20-/m0/s1. The lowest BCUT2D eigenvalue weighted by molar-refractivity contribution is 0.0371. The molecular weight excluding hydrogens is 467 g/mol. The number of Topliss-reactive ketones (excluding diaryl/α,β-unsaturated/α-hetero) is 1. The first-order chi connectivity index (χ1) is 17.6. The second-order valence-electron chi connectivity index (χ2n) is 8.82. The normalized spacial score (nSPS) is 18.4. The molecule has 0 bridgehead atoms. The molecule has 10 nitrogen and oxygen atoms in total. The van der Waals surface area contributed by atoms with E-state index in [4.69, 9.17) is 9.47 Å². The number of rotatable bonds is 9. The number of halogens is 1. The van der Waals surface area contributed by atoms with Gasteiger partial charge in [-0.2, -0.15) is 0 Å². The van der Waals surface area contributed by atoms with Gasteiger partial charge in [-0.1, -0.05) is 11.3 Å². The number of ether oxygens (including phenoxy) is 2. The third-order valence-corrected chi connectivity index (χ3v) is 6.34. The lowest BCUT2D eigenvalue weighted by Crippen LogP contribution is -2.36. The fourth-order valence-electron chi connectivity index (χ4n) is 4.41. The van der Waals surface area contributed by atoms with Crippen LogP contribution in [0.4, 0.5) is 14.9 Å². The lowest BCUT2D eigenvalue weighted by Gasteiger charge is -2.26. The molecule has 4 heterocycles. The molecule has 2 aliphatic rings. The quantitative estimate of drug-likeness (QED) is 0.419. The van der Waals surface area contributed by atoms with Crippen molar-refractivity contribution in [2.45, 2.75) is 25.5 Å². The first-order valence-electron chi connectivity index (χ1n) is 12.0. The fraction of sp³-hybridized carbons (Fsp3) is 0.400. The number of pyridine rings is 1. The maximum absolute atomic E-state index is 15.0. The number of nitrogens with zero attached hydrogens (tertiary/aromatic N) is 6. The van der Waals surface area contributed by atoms with Gasteiger partial charge in [-0.3, -0.25) is 19.6 Å². The summed E-state index contributed by atoms with van der Waals surface area (Å²) in [4.78, 5) is 32.8. The van der Waals surface area contributed by atoms with E-state index in [1.54, 1.807) is 41.3 Å².